The Morgan fingerprint density at radius 2 is 1.76 bits per heavy atom. The van der Waals surface area contributed by atoms with E-state index < -0.39 is 17.5 Å². The smallest absolute Gasteiger partial charge is 0.342 e. The first kappa shape index (κ1) is 16.6. The molecule has 0 bridgehead atoms. The molecule has 6 heteroatoms. The van der Waals surface area contributed by atoms with Crippen molar-refractivity contribution in [1.29, 1.82) is 0 Å². The minimum Gasteiger partial charge on any atom is -0.342 e. The van der Waals surface area contributed by atoms with Crippen molar-refractivity contribution in [3.8, 4) is 0 Å². The molecule has 2 aliphatic rings. The van der Waals surface area contributed by atoms with E-state index in [4.69, 9.17) is 0 Å². The minimum absolute atomic E-state index is 0.144. The molecule has 2 saturated heterocycles. The molecule has 1 N–H and O–H groups in total. The molecule has 0 spiro atoms. The van der Waals surface area contributed by atoms with Crippen LogP contribution in [0.15, 0.2) is 0 Å². The highest BCUT2D eigenvalue weighted by Gasteiger charge is 2.62. The number of hydrogen-bond donors (Lipinski definition) is 1. The van der Waals surface area contributed by atoms with E-state index in [0.717, 1.165) is 12.8 Å². The van der Waals surface area contributed by atoms with Gasteiger partial charge in [0.25, 0.3) is 0 Å². The number of nitrogens with one attached hydrogen (secondary N) is 1. The second-order valence-electron chi connectivity index (χ2n) is 7.44. The van der Waals surface area contributed by atoms with Crippen molar-refractivity contribution < 1.29 is 18.0 Å². The molecule has 0 aromatic rings. The lowest BCUT2D eigenvalue weighted by atomic mass is 9.74. The molecule has 2 heterocycles. The summed E-state index contributed by atoms with van der Waals surface area (Å²) < 4.78 is 40.2. The van der Waals surface area contributed by atoms with E-state index in [0.29, 0.717) is 19.0 Å². The van der Waals surface area contributed by atoms with Crippen molar-refractivity contribution in [2.24, 2.45) is 16.7 Å². The molecule has 2 fully saturated rings. The number of amides is 1. The lowest BCUT2D eigenvalue weighted by Crippen LogP contribution is -2.55. The van der Waals surface area contributed by atoms with Gasteiger partial charge in [-0.3, -0.25) is 4.79 Å². The van der Waals surface area contributed by atoms with Gasteiger partial charge in [-0.25, -0.2) is 0 Å². The molecule has 1 atom stereocenters. The summed E-state index contributed by atoms with van der Waals surface area (Å²) in [6, 6.07) is 0. The lowest BCUT2D eigenvalue weighted by molar-refractivity contribution is -0.222. The first-order chi connectivity index (χ1) is 9.58. The highest BCUT2D eigenvalue weighted by molar-refractivity contribution is 5.84. The zero-order chi connectivity index (χ0) is 15.9. The van der Waals surface area contributed by atoms with Crippen molar-refractivity contribution in [2.75, 3.05) is 26.2 Å². The van der Waals surface area contributed by atoms with Gasteiger partial charge in [0.1, 0.15) is 0 Å². The summed E-state index contributed by atoms with van der Waals surface area (Å²) in [6.07, 6.45) is -3.05. The van der Waals surface area contributed by atoms with E-state index >= 15 is 0 Å². The normalized spacial score (nSPS) is 29.0. The number of carbonyl (C=O) groups excluding carboxylic acids is 1. The van der Waals surface area contributed by atoms with Gasteiger partial charge in [-0.15, -0.1) is 0 Å². The van der Waals surface area contributed by atoms with Crippen LogP contribution in [0.25, 0.3) is 0 Å². The lowest BCUT2D eigenvalue weighted by Gasteiger charge is -2.42. The van der Waals surface area contributed by atoms with Crippen molar-refractivity contribution in [3.63, 3.8) is 0 Å². The van der Waals surface area contributed by atoms with Crippen LogP contribution in [0.3, 0.4) is 0 Å². The zero-order valence-electron chi connectivity index (χ0n) is 13.0. The SMILES string of the molecule is CC(C)(C)C1CCN(C(=O)C2(C(F)(F)F)CCNC2)CC1. The third kappa shape index (κ3) is 3.05. The monoisotopic (exact) mass is 306 g/mol. The first-order valence-corrected chi connectivity index (χ1v) is 7.65. The predicted octanol–water partition coefficient (Wildman–Crippen LogP) is 2.81. The van der Waals surface area contributed by atoms with Crippen LogP contribution in [0.5, 0.6) is 0 Å². The molecule has 1 unspecified atom stereocenters. The number of halogens is 3. The Morgan fingerprint density at radius 1 is 1.19 bits per heavy atom. The number of rotatable bonds is 1. The van der Waals surface area contributed by atoms with Crippen molar-refractivity contribution in [1.82, 2.24) is 10.2 Å². The molecule has 2 aliphatic heterocycles. The van der Waals surface area contributed by atoms with Gasteiger partial charge in [-0.2, -0.15) is 13.2 Å². The van der Waals surface area contributed by atoms with Crippen LogP contribution in [-0.4, -0.2) is 43.2 Å². The standard InChI is InChI=1S/C15H25F3N2O/c1-13(2,3)11-4-8-20(9-5-11)12(21)14(15(16,17)18)6-7-19-10-14/h11,19H,4-10H2,1-3H3. The van der Waals surface area contributed by atoms with E-state index in [-0.39, 0.29) is 24.9 Å². The van der Waals surface area contributed by atoms with Crippen LogP contribution in [0, 0.1) is 16.7 Å². The average Bonchev–Trinajstić information content (AvgIpc) is 2.87. The summed E-state index contributed by atoms with van der Waals surface area (Å²) in [5.74, 6) is -0.266. The van der Waals surface area contributed by atoms with Gasteiger partial charge in [0, 0.05) is 19.6 Å². The largest absolute Gasteiger partial charge is 0.404 e. The third-order valence-electron chi connectivity index (χ3n) is 5.11. The van der Waals surface area contributed by atoms with Crippen LogP contribution in [0.2, 0.25) is 0 Å². The molecule has 0 aromatic carbocycles. The number of piperidine rings is 1. The van der Waals surface area contributed by atoms with Crippen molar-refractivity contribution >= 4 is 5.91 Å². The Labute approximate surface area is 124 Å². The quantitative estimate of drug-likeness (QED) is 0.808. The third-order valence-corrected chi connectivity index (χ3v) is 5.11. The van der Waals surface area contributed by atoms with Crippen molar-refractivity contribution in [3.05, 3.63) is 0 Å². The summed E-state index contributed by atoms with van der Waals surface area (Å²) in [5, 5.41) is 2.71. The molecule has 21 heavy (non-hydrogen) atoms. The summed E-state index contributed by atoms with van der Waals surface area (Å²) in [6.45, 7) is 7.29. The highest BCUT2D eigenvalue weighted by atomic mass is 19.4. The zero-order valence-corrected chi connectivity index (χ0v) is 13.0. The Balaban J connectivity index is 2.07. The summed E-state index contributed by atoms with van der Waals surface area (Å²) in [5.41, 5.74) is -2.06. The summed E-state index contributed by atoms with van der Waals surface area (Å²) >= 11 is 0. The second kappa shape index (κ2) is 5.45. The van der Waals surface area contributed by atoms with Gasteiger partial charge >= 0.3 is 6.18 Å². The van der Waals surface area contributed by atoms with Gasteiger partial charge in [-0.1, -0.05) is 20.8 Å². The second-order valence-corrected chi connectivity index (χ2v) is 7.44. The fraction of sp³-hybridized carbons (Fsp3) is 0.933. The van der Waals surface area contributed by atoms with Crippen LogP contribution in [0.1, 0.15) is 40.0 Å². The van der Waals surface area contributed by atoms with Crippen LogP contribution < -0.4 is 5.32 Å². The number of alkyl halides is 3. The van der Waals surface area contributed by atoms with Crippen LogP contribution in [0.4, 0.5) is 13.2 Å². The number of carbonyl (C=O) groups is 1. The molecule has 3 nitrogen and oxygen atoms in total. The maximum Gasteiger partial charge on any atom is 0.404 e. The van der Waals surface area contributed by atoms with Gasteiger partial charge in [-0.05, 0) is 37.1 Å². The molecule has 1 amide bonds. The Bertz CT molecular complexity index is 387. The highest BCUT2D eigenvalue weighted by Crippen LogP contribution is 2.45. The van der Waals surface area contributed by atoms with Crippen LogP contribution >= 0.6 is 0 Å². The molecule has 0 saturated carbocycles. The van der Waals surface area contributed by atoms with Gasteiger partial charge in [0.15, 0.2) is 5.41 Å². The Kier molecular flexibility index (Phi) is 4.30. The van der Waals surface area contributed by atoms with E-state index in [1.165, 1.54) is 4.90 Å². The van der Waals surface area contributed by atoms with E-state index in [1.807, 2.05) is 0 Å². The number of nitrogens with zero attached hydrogens (tertiary/aromatic N) is 1. The predicted molar refractivity (Wildman–Crippen MR) is 74.7 cm³/mol. The van der Waals surface area contributed by atoms with Gasteiger partial charge in [0.2, 0.25) is 5.91 Å². The Hall–Kier alpha value is -0.780. The number of hydrogen-bond acceptors (Lipinski definition) is 2. The fourth-order valence-corrected chi connectivity index (χ4v) is 3.49. The van der Waals surface area contributed by atoms with Gasteiger partial charge in [0.05, 0.1) is 0 Å². The first-order valence-electron chi connectivity index (χ1n) is 7.65. The fourth-order valence-electron chi connectivity index (χ4n) is 3.49. The minimum atomic E-state index is -4.48. The molecule has 0 aliphatic carbocycles. The van der Waals surface area contributed by atoms with Crippen LogP contribution in [-0.2, 0) is 4.79 Å². The molecular formula is C15H25F3N2O. The van der Waals surface area contributed by atoms with Crippen molar-refractivity contribution in [2.45, 2.75) is 46.2 Å². The van der Waals surface area contributed by atoms with E-state index in [9.17, 15) is 18.0 Å². The number of likely N-dealkylation sites (tertiary alicyclic amines) is 1. The molecule has 122 valence electrons. The molecular weight excluding hydrogens is 281 g/mol. The maximum atomic E-state index is 13.4. The molecule has 2 rings (SSSR count). The summed E-state index contributed by atoms with van der Waals surface area (Å²) in [7, 11) is 0. The topological polar surface area (TPSA) is 32.3 Å². The summed E-state index contributed by atoms with van der Waals surface area (Å²) in [4.78, 5) is 13.9. The van der Waals surface area contributed by atoms with E-state index in [2.05, 4.69) is 26.1 Å². The van der Waals surface area contributed by atoms with Gasteiger partial charge < -0.3 is 10.2 Å². The average molecular weight is 306 g/mol. The molecule has 0 aromatic heterocycles. The van der Waals surface area contributed by atoms with E-state index in [1.54, 1.807) is 0 Å². The Morgan fingerprint density at radius 3 is 2.14 bits per heavy atom. The maximum absolute atomic E-state index is 13.4. The molecule has 0 radical (unpaired) electrons.